The molecule has 2 heteroatoms. The van der Waals surface area contributed by atoms with Crippen LogP contribution in [-0.2, 0) is 10.8 Å². The fraction of sp³-hybridized carbons (Fsp3) is 0.111. The van der Waals surface area contributed by atoms with Crippen LogP contribution in [0.4, 0.5) is 17.1 Å². The Morgan fingerprint density at radius 1 is 0.429 bits per heavy atom. The molecule has 266 valence electrons. The number of fused-ring (bicyclic) bond motifs is 11. The number of nitrogens with zero attached hydrogens (tertiary/aromatic N) is 1. The molecule has 0 N–H and O–H groups in total. The van der Waals surface area contributed by atoms with Gasteiger partial charge in [-0.2, -0.15) is 0 Å². The van der Waals surface area contributed by atoms with Crippen LogP contribution in [0.3, 0.4) is 0 Å². The van der Waals surface area contributed by atoms with Gasteiger partial charge in [-0.1, -0.05) is 158 Å². The number of furan rings is 1. The summed E-state index contributed by atoms with van der Waals surface area (Å²) in [7, 11) is 0. The fourth-order valence-corrected chi connectivity index (χ4v) is 11.1. The third-order valence-corrected chi connectivity index (χ3v) is 13.3. The topological polar surface area (TPSA) is 16.4 Å². The van der Waals surface area contributed by atoms with E-state index in [0.29, 0.717) is 0 Å². The minimum absolute atomic E-state index is 0.0868. The molecule has 9 aromatic rings. The summed E-state index contributed by atoms with van der Waals surface area (Å²) in [5, 5.41) is 2.27. The van der Waals surface area contributed by atoms with Crippen molar-refractivity contribution in [2.24, 2.45) is 0 Å². The molecule has 1 aromatic heterocycles. The zero-order valence-electron chi connectivity index (χ0n) is 31.1. The molecular formula is C54H39NO. The normalized spacial score (nSPS) is 15.5. The van der Waals surface area contributed by atoms with Crippen LogP contribution in [0.15, 0.2) is 192 Å². The summed E-state index contributed by atoms with van der Waals surface area (Å²) in [5.74, 6) is 0. The number of benzene rings is 8. The molecule has 1 saturated carbocycles. The maximum absolute atomic E-state index is 6.82. The summed E-state index contributed by atoms with van der Waals surface area (Å²) >= 11 is 0. The van der Waals surface area contributed by atoms with E-state index in [0.717, 1.165) is 33.3 Å². The summed E-state index contributed by atoms with van der Waals surface area (Å²) in [6.07, 6.45) is 4.95. The average molecular weight is 718 g/mol. The van der Waals surface area contributed by atoms with Crippen LogP contribution >= 0.6 is 0 Å². The van der Waals surface area contributed by atoms with Crippen molar-refractivity contribution in [2.45, 2.75) is 36.5 Å². The predicted octanol–water partition coefficient (Wildman–Crippen LogP) is 14.3. The lowest BCUT2D eigenvalue weighted by molar-refractivity contribution is 0.550. The highest BCUT2D eigenvalue weighted by molar-refractivity contribution is 6.10. The smallest absolute Gasteiger partial charge is 0.135 e. The summed E-state index contributed by atoms with van der Waals surface area (Å²) in [6.45, 7) is 0. The van der Waals surface area contributed by atoms with Crippen LogP contribution < -0.4 is 4.90 Å². The van der Waals surface area contributed by atoms with Crippen molar-refractivity contribution in [3.05, 3.63) is 221 Å². The van der Waals surface area contributed by atoms with E-state index in [1.807, 2.05) is 0 Å². The fourth-order valence-electron chi connectivity index (χ4n) is 11.1. The van der Waals surface area contributed by atoms with Gasteiger partial charge in [0.05, 0.1) is 11.1 Å². The highest BCUT2D eigenvalue weighted by Gasteiger charge is 2.48. The van der Waals surface area contributed by atoms with Crippen LogP contribution in [0.25, 0.3) is 44.2 Å². The molecule has 8 aromatic carbocycles. The summed E-state index contributed by atoms with van der Waals surface area (Å²) in [4.78, 5) is 2.48. The molecule has 0 amide bonds. The van der Waals surface area contributed by atoms with Crippen molar-refractivity contribution in [2.75, 3.05) is 4.90 Å². The molecule has 56 heavy (non-hydrogen) atoms. The van der Waals surface area contributed by atoms with Crippen LogP contribution in [0, 0.1) is 0 Å². The number of para-hydroxylation sites is 1. The standard InChI is InChI=1S/C54H39NO/c1-3-17-36(18-4-1)54(44-25-11-7-21-39(44)40-22-8-12-26-45(40)54)47-28-16-30-50-52(47)42-35-38(31-32-49(42)56-50)55(37-19-5-2-6-20-37)48-29-15-27-46-51(48)41-23-9-10-24-43(41)53(46)33-13-14-34-53/h1-12,15-32,35H,13-14,33-34H2. The summed E-state index contributed by atoms with van der Waals surface area (Å²) in [6, 6.07) is 69.6. The van der Waals surface area contributed by atoms with Crippen LogP contribution in [-0.4, -0.2) is 0 Å². The minimum atomic E-state index is -0.542. The van der Waals surface area contributed by atoms with Crippen molar-refractivity contribution in [3.8, 4) is 22.3 Å². The molecule has 12 rings (SSSR count). The lowest BCUT2D eigenvalue weighted by Crippen LogP contribution is -2.28. The molecule has 0 unspecified atom stereocenters. The minimum Gasteiger partial charge on any atom is -0.456 e. The van der Waals surface area contributed by atoms with Gasteiger partial charge in [0.2, 0.25) is 0 Å². The monoisotopic (exact) mass is 717 g/mol. The Morgan fingerprint density at radius 2 is 1.02 bits per heavy atom. The Hall–Kier alpha value is -6.64. The van der Waals surface area contributed by atoms with E-state index in [9.17, 15) is 0 Å². The van der Waals surface area contributed by atoms with Gasteiger partial charge in [0.1, 0.15) is 11.2 Å². The lowest BCUT2D eigenvalue weighted by atomic mass is 9.66. The molecule has 0 radical (unpaired) electrons. The van der Waals surface area contributed by atoms with Crippen molar-refractivity contribution < 1.29 is 4.42 Å². The van der Waals surface area contributed by atoms with E-state index in [4.69, 9.17) is 4.42 Å². The van der Waals surface area contributed by atoms with Gasteiger partial charge >= 0.3 is 0 Å². The number of anilines is 3. The molecule has 3 aliphatic rings. The average Bonchev–Trinajstić information content (AvgIpc) is 4.04. The number of rotatable bonds is 5. The van der Waals surface area contributed by atoms with Gasteiger partial charge in [-0.05, 0) is 105 Å². The van der Waals surface area contributed by atoms with E-state index >= 15 is 0 Å². The van der Waals surface area contributed by atoms with E-state index < -0.39 is 5.41 Å². The van der Waals surface area contributed by atoms with Gasteiger partial charge in [-0.15, -0.1) is 0 Å². The first kappa shape index (κ1) is 31.7. The highest BCUT2D eigenvalue weighted by Crippen LogP contribution is 2.61. The van der Waals surface area contributed by atoms with Gasteiger partial charge in [0.25, 0.3) is 0 Å². The first-order valence-corrected chi connectivity index (χ1v) is 20.1. The van der Waals surface area contributed by atoms with Crippen molar-refractivity contribution in [3.63, 3.8) is 0 Å². The molecule has 1 fully saturated rings. The van der Waals surface area contributed by atoms with Gasteiger partial charge in [0.15, 0.2) is 0 Å². The SMILES string of the molecule is c1ccc(N(c2ccc3oc4cccc(C5(c6ccccc6)c6ccccc6-c6ccccc65)c4c3c2)c2cccc3c2-c2ccccc2C32CCCC2)cc1. The second-order valence-electron chi connectivity index (χ2n) is 15.9. The van der Waals surface area contributed by atoms with E-state index in [-0.39, 0.29) is 5.41 Å². The maximum atomic E-state index is 6.82. The summed E-state index contributed by atoms with van der Waals surface area (Å²) < 4.78 is 6.82. The van der Waals surface area contributed by atoms with Gasteiger partial charge < -0.3 is 9.32 Å². The predicted molar refractivity (Wildman–Crippen MR) is 230 cm³/mol. The molecule has 1 heterocycles. The molecule has 0 atom stereocenters. The molecule has 0 bridgehead atoms. The molecule has 0 aliphatic heterocycles. The van der Waals surface area contributed by atoms with Gasteiger partial charge in [0, 0.05) is 33.1 Å². The molecule has 0 saturated heterocycles. The first-order valence-electron chi connectivity index (χ1n) is 20.1. The Morgan fingerprint density at radius 3 is 1.75 bits per heavy atom. The van der Waals surface area contributed by atoms with Crippen LogP contribution in [0.2, 0.25) is 0 Å². The number of hydrogen-bond acceptors (Lipinski definition) is 2. The zero-order chi connectivity index (χ0) is 36.8. The highest BCUT2D eigenvalue weighted by atomic mass is 16.3. The Balaban J connectivity index is 1.15. The molecular weight excluding hydrogens is 679 g/mol. The van der Waals surface area contributed by atoms with Gasteiger partial charge in [-0.25, -0.2) is 0 Å². The Bertz CT molecular complexity index is 2940. The van der Waals surface area contributed by atoms with Crippen molar-refractivity contribution in [1.29, 1.82) is 0 Å². The Labute approximate surface area is 327 Å². The lowest BCUT2D eigenvalue weighted by Gasteiger charge is -2.34. The quantitative estimate of drug-likeness (QED) is 0.176. The summed E-state index contributed by atoms with van der Waals surface area (Å²) in [5.41, 5.74) is 18.2. The largest absolute Gasteiger partial charge is 0.456 e. The second kappa shape index (κ2) is 11.9. The third-order valence-electron chi connectivity index (χ3n) is 13.3. The first-order chi connectivity index (χ1) is 27.8. The van der Waals surface area contributed by atoms with E-state index in [1.54, 1.807) is 0 Å². The van der Waals surface area contributed by atoms with E-state index in [1.165, 1.54) is 87.0 Å². The maximum Gasteiger partial charge on any atom is 0.135 e. The van der Waals surface area contributed by atoms with Crippen molar-refractivity contribution in [1.82, 2.24) is 0 Å². The van der Waals surface area contributed by atoms with Crippen LogP contribution in [0.1, 0.15) is 59.1 Å². The molecule has 2 nitrogen and oxygen atoms in total. The van der Waals surface area contributed by atoms with Crippen LogP contribution in [0.5, 0.6) is 0 Å². The van der Waals surface area contributed by atoms with Crippen molar-refractivity contribution >= 4 is 39.0 Å². The molecule has 3 aliphatic carbocycles. The number of hydrogen-bond donors (Lipinski definition) is 0. The second-order valence-corrected chi connectivity index (χ2v) is 15.9. The molecule has 1 spiro atoms. The zero-order valence-corrected chi connectivity index (χ0v) is 31.1. The Kier molecular flexibility index (Phi) is 6.75. The third kappa shape index (κ3) is 4.16. The van der Waals surface area contributed by atoms with E-state index in [2.05, 4.69) is 193 Å². The van der Waals surface area contributed by atoms with Gasteiger partial charge in [-0.3, -0.25) is 0 Å².